The molecule has 19 heavy (non-hydrogen) atoms. The van der Waals surface area contributed by atoms with Crippen LogP contribution in [-0.2, 0) is 0 Å². The molecule has 0 aliphatic heterocycles. The predicted molar refractivity (Wildman–Crippen MR) is 80.6 cm³/mol. The molecule has 1 aromatic carbocycles. The average Bonchev–Trinajstić information content (AvgIpc) is 2.37. The van der Waals surface area contributed by atoms with E-state index in [2.05, 4.69) is 38.2 Å². The first-order chi connectivity index (χ1) is 9.16. The van der Waals surface area contributed by atoms with Crippen molar-refractivity contribution in [2.24, 2.45) is 11.8 Å². The Kier molecular flexibility index (Phi) is 5.26. The molecule has 0 amide bonds. The molecule has 1 aliphatic carbocycles. The number of aryl methyl sites for hydroxylation is 1. The van der Waals surface area contributed by atoms with Gasteiger partial charge in [-0.25, -0.2) is 0 Å². The Morgan fingerprint density at radius 1 is 1.21 bits per heavy atom. The zero-order valence-electron chi connectivity index (χ0n) is 12.5. The molecule has 2 heteroatoms. The van der Waals surface area contributed by atoms with Crippen molar-refractivity contribution >= 4 is 0 Å². The van der Waals surface area contributed by atoms with E-state index in [0.717, 1.165) is 30.7 Å². The van der Waals surface area contributed by atoms with Gasteiger partial charge in [0.1, 0.15) is 12.4 Å². The lowest BCUT2D eigenvalue weighted by Crippen LogP contribution is -2.44. The molecule has 0 radical (unpaired) electrons. The molecule has 0 saturated heterocycles. The first-order valence-electron chi connectivity index (χ1n) is 7.59. The molecule has 1 aliphatic rings. The van der Waals surface area contributed by atoms with E-state index in [4.69, 9.17) is 4.74 Å². The molecule has 0 heterocycles. The molecule has 2 nitrogen and oxygen atoms in total. The van der Waals surface area contributed by atoms with E-state index in [9.17, 15) is 0 Å². The highest BCUT2D eigenvalue weighted by Gasteiger charge is 2.26. The van der Waals surface area contributed by atoms with Crippen molar-refractivity contribution in [3.8, 4) is 5.75 Å². The number of rotatable bonds is 5. The zero-order chi connectivity index (χ0) is 13.7. The van der Waals surface area contributed by atoms with Gasteiger partial charge in [-0.05, 0) is 49.3 Å². The van der Waals surface area contributed by atoms with Crippen LogP contribution in [0.5, 0.6) is 5.75 Å². The van der Waals surface area contributed by atoms with Crippen LogP contribution in [0.1, 0.15) is 38.7 Å². The normalized spacial score (nSPS) is 27.2. The van der Waals surface area contributed by atoms with Gasteiger partial charge in [0.2, 0.25) is 0 Å². The van der Waals surface area contributed by atoms with Crippen LogP contribution in [0.4, 0.5) is 0 Å². The molecule has 0 bridgehead atoms. The van der Waals surface area contributed by atoms with E-state index in [1.54, 1.807) is 0 Å². The van der Waals surface area contributed by atoms with Crippen LogP contribution in [0.3, 0.4) is 0 Å². The maximum Gasteiger partial charge on any atom is 0.119 e. The number of hydrogen-bond donors (Lipinski definition) is 1. The lowest BCUT2D eigenvalue weighted by atomic mass is 9.79. The summed E-state index contributed by atoms with van der Waals surface area (Å²) >= 11 is 0. The van der Waals surface area contributed by atoms with E-state index in [0.29, 0.717) is 6.04 Å². The maximum absolute atomic E-state index is 5.79. The first kappa shape index (κ1) is 14.4. The van der Waals surface area contributed by atoms with Gasteiger partial charge in [0.15, 0.2) is 0 Å². The molecule has 2 rings (SSSR count). The van der Waals surface area contributed by atoms with Crippen LogP contribution in [-0.4, -0.2) is 19.2 Å². The fourth-order valence-electron chi connectivity index (χ4n) is 3.18. The van der Waals surface area contributed by atoms with Crippen LogP contribution in [0.25, 0.3) is 0 Å². The van der Waals surface area contributed by atoms with E-state index in [1.807, 2.05) is 12.1 Å². The van der Waals surface area contributed by atoms with Gasteiger partial charge >= 0.3 is 0 Å². The van der Waals surface area contributed by atoms with E-state index >= 15 is 0 Å². The molecule has 2 unspecified atom stereocenters. The monoisotopic (exact) mass is 261 g/mol. The van der Waals surface area contributed by atoms with Crippen LogP contribution < -0.4 is 10.1 Å². The predicted octanol–water partition coefficient (Wildman–Crippen LogP) is 3.79. The van der Waals surface area contributed by atoms with Gasteiger partial charge in [-0.15, -0.1) is 0 Å². The Hall–Kier alpha value is -1.02. The Morgan fingerprint density at radius 3 is 2.63 bits per heavy atom. The van der Waals surface area contributed by atoms with Gasteiger partial charge in [0.25, 0.3) is 0 Å². The van der Waals surface area contributed by atoms with Gasteiger partial charge in [-0.2, -0.15) is 0 Å². The van der Waals surface area contributed by atoms with Gasteiger partial charge in [-0.3, -0.25) is 0 Å². The molecule has 0 aromatic heterocycles. The number of benzene rings is 1. The topological polar surface area (TPSA) is 21.3 Å². The second-order valence-corrected chi connectivity index (χ2v) is 6.03. The molecular formula is C17H27NO. The van der Waals surface area contributed by atoms with Crippen molar-refractivity contribution in [3.63, 3.8) is 0 Å². The van der Waals surface area contributed by atoms with E-state index in [-0.39, 0.29) is 0 Å². The minimum atomic E-state index is 0.662. The van der Waals surface area contributed by atoms with Crippen molar-refractivity contribution in [1.82, 2.24) is 5.32 Å². The summed E-state index contributed by atoms with van der Waals surface area (Å²) in [4.78, 5) is 0. The van der Waals surface area contributed by atoms with Crippen molar-refractivity contribution in [2.75, 3.05) is 13.2 Å². The Balaban J connectivity index is 1.71. The third-order valence-corrected chi connectivity index (χ3v) is 4.29. The zero-order valence-corrected chi connectivity index (χ0v) is 12.5. The standard InChI is InChI=1S/C17H27NO/c1-13-6-4-9-16(12-13)19-11-10-18-17-14(2)7-5-8-15(17)3/h4,6,9,12,14-15,17-18H,5,7-8,10-11H2,1-3H3. The lowest BCUT2D eigenvalue weighted by molar-refractivity contribution is 0.197. The molecule has 1 saturated carbocycles. The summed E-state index contributed by atoms with van der Waals surface area (Å²) in [7, 11) is 0. The fraction of sp³-hybridized carbons (Fsp3) is 0.647. The van der Waals surface area contributed by atoms with Crippen molar-refractivity contribution < 1.29 is 4.74 Å². The smallest absolute Gasteiger partial charge is 0.119 e. The quantitative estimate of drug-likeness (QED) is 0.814. The minimum absolute atomic E-state index is 0.662. The molecule has 1 fully saturated rings. The molecule has 0 spiro atoms. The Labute approximate surface area is 117 Å². The molecule has 1 aromatic rings. The maximum atomic E-state index is 5.79. The molecule has 106 valence electrons. The largest absolute Gasteiger partial charge is 0.492 e. The summed E-state index contributed by atoms with van der Waals surface area (Å²) in [5.41, 5.74) is 1.25. The second-order valence-electron chi connectivity index (χ2n) is 6.03. The number of hydrogen-bond acceptors (Lipinski definition) is 2. The first-order valence-corrected chi connectivity index (χ1v) is 7.59. The van der Waals surface area contributed by atoms with E-state index in [1.165, 1.54) is 24.8 Å². The van der Waals surface area contributed by atoms with Crippen LogP contribution >= 0.6 is 0 Å². The average molecular weight is 261 g/mol. The molecular weight excluding hydrogens is 234 g/mol. The lowest BCUT2D eigenvalue weighted by Gasteiger charge is -2.35. The third kappa shape index (κ3) is 4.24. The highest BCUT2D eigenvalue weighted by Crippen LogP contribution is 2.28. The number of nitrogens with one attached hydrogen (secondary N) is 1. The summed E-state index contributed by atoms with van der Waals surface area (Å²) in [6.45, 7) is 8.52. The van der Waals surface area contributed by atoms with E-state index < -0.39 is 0 Å². The third-order valence-electron chi connectivity index (χ3n) is 4.29. The molecule has 1 N–H and O–H groups in total. The van der Waals surface area contributed by atoms with Gasteiger partial charge in [-0.1, -0.05) is 32.4 Å². The highest BCUT2D eigenvalue weighted by molar-refractivity contribution is 5.27. The Morgan fingerprint density at radius 2 is 1.95 bits per heavy atom. The summed E-state index contributed by atoms with van der Waals surface area (Å²) in [6.07, 6.45) is 4.11. The van der Waals surface area contributed by atoms with Crippen molar-refractivity contribution in [1.29, 1.82) is 0 Å². The summed E-state index contributed by atoms with van der Waals surface area (Å²) in [6, 6.07) is 8.92. The summed E-state index contributed by atoms with van der Waals surface area (Å²) in [5.74, 6) is 2.57. The second kappa shape index (κ2) is 6.95. The minimum Gasteiger partial charge on any atom is -0.492 e. The fourth-order valence-corrected chi connectivity index (χ4v) is 3.18. The molecule has 2 atom stereocenters. The van der Waals surface area contributed by atoms with Gasteiger partial charge < -0.3 is 10.1 Å². The highest BCUT2D eigenvalue weighted by atomic mass is 16.5. The SMILES string of the molecule is Cc1cccc(OCCNC2C(C)CCCC2C)c1. The summed E-state index contributed by atoms with van der Waals surface area (Å²) < 4.78 is 5.79. The van der Waals surface area contributed by atoms with Crippen molar-refractivity contribution in [2.45, 2.75) is 46.1 Å². The van der Waals surface area contributed by atoms with Crippen LogP contribution in [0.15, 0.2) is 24.3 Å². The van der Waals surface area contributed by atoms with Crippen molar-refractivity contribution in [3.05, 3.63) is 29.8 Å². The van der Waals surface area contributed by atoms with Gasteiger partial charge in [0.05, 0.1) is 0 Å². The van der Waals surface area contributed by atoms with Crippen LogP contribution in [0, 0.1) is 18.8 Å². The number of ether oxygens (including phenoxy) is 1. The van der Waals surface area contributed by atoms with Crippen LogP contribution in [0.2, 0.25) is 0 Å². The Bertz CT molecular complexity index is 381. The summed E-state index contributed by atoms with van der Waals surface area (Å²) in [5, 5.41) is 3.68. The van der Waals surface area contributed by atoms with Gasteiger partial charge in [0, 0.05) is 12.6 Å².